The first kappa shape index (κ1) is 10.9. The van der Waals surface area contributed by atoms with E-state index in [1.807, 2.05) is 0 Å². The first-order valence-corrected chi connectivity index (χ1v) is 5.56. The summed E-state index contributed by atoms with van der Waals surface area (Å²) in [5.74, 6) is 0.918. The summed E-state index contributed by atoms with van der Waals surface area (Å²) in [6.07, 6.45) is 0.876. The van der Waals surface area contributed by atoms with Gasteiger partial charge in [0.25, 0.3) is 0 Å². The predicted molar refractivity (Wildman–Crippen MR) is 67.9 cm³/mol. The lowest BCUT2D eigenvalue weighted by Crippen LogP contribution is -2.27. The van der Waals surface area contributed by atoms with E-state index in [1.165, 1.54) is 16.7 Å². The van der Waals surface area contributed by atoms with Gasteiger partial charge in [0.2, 0.25) is 0 Å². The Morgan fingerprint density at radius 3 is 2.38 bits per heavy atom. The Hall–Kier alpha value is -1.64. The molecule has 0 fully saturated rings. The molecule has 1 aliphatic rings. The van der Waals surface area contributed by atoms with Crippen molar-refractivity contribution >= 4 is 11.5 Å². The first-order valence-electron chi connectivity index (χ1n) is 5.56. The Bertz CT molecular complexity index is 452. The number of aryl methyl sites for hydroxylation is 2. The van der Waals surface area contributed by atoms with Crippen LogP contribution in [0.2, 0.25) is 0 Å². The Morgan fingerprint density at radius 2 is 1.81 bits per heavy atom. The molecule has 0 radical (unpaired) electrons. The van der Waals surface area contributed by atoms with Crippen molar-refractivity contribution in [3.8, 4) is 0 Å². The quantitative estimate of drug-likeness (QED) is 0.768. The van der Waals surface area contributed by atoms with Gasteiger partial charge in [-0.25, -0.2) is 0 Å². The summed E-state index contributed by atoms with van der Waals surface area (Å²) in [7, 11) is 0. The monoisotopic (exact) mass is 215 g/mol. The van der Waals surface area contributed by atoms with Gasteiger partial charge >= 0.3 is 0 Å². The topological polar surface area (TPSA) is 50.7 Å². The summed E-state index contributed by atoms with van der Waals surface area (Å²) in [6, 6.07) is 6.28. The Labute approximate surface area is 96.1 Å². The molecule has 1 aromatic carbocycles. The van der Waals surface area contributed by atoms with E-state index in [0.29, 0.717) is 5.84 Å². The number of amidine groups is 1. The molecule has 0 saturated carbocycles. The average Bonchev–Trinajstić information content (AvgIpc) is 2.23. The second-order valence-electron chi connectivity index (χ2n) is 4.44. The fraction of sp³-hybridized carbons (Fsp3) is 0.385. The van der Waals surface area contributed by atoms with Gasteiger partial charge in [-0.3, -0.25) is 0 Å². The summed E-state index contributed by atoms with van der Waals surface area (Å²) in [6.45, 7) is 6.30. The van der Waals surface area contributed by atoms with Crippen LogP contribution in [-0.4, -0.2) is 11.5 Å². The normalized spacial score (nSPS) is 20.3. The number of benzene rings is 1. The lowest BCUT2D eigenvalue weighted by molar-refractivity contribution is 0.778. The smallest absolute Gasteiger partial charge is 0.125 e. The highest BCUT2D eigenvalue weighted by molar-refractivity contribution is 6.06. The summed E-state index contributed by atoms with van der Waals surface area (Å²) in [5, 5.41) is 8.27. The zero-order chi connectivity index (χ0) is 11.7. The number of nitrogens with zero attached hydrogens (tertiary/aromatic N) is 2. The zero-order valence-electron chi connectivity index (χ0n) is 9.99. The van der Waals surface area contributed by atoms with Gasteiger partial charge < -0.3 is 5.73 Å². The van der Waals surface area contributed by atoms with E-state index in [2.05, 4.69) is 49.2 Å². The van der Waals surface area contributed by atoms with Crippen LogP contribution in [0.15, 0.2) is 28.4 Å². The van der Waals surface area contributed by atoms with Crippen molar-refractivity contribution in [2.45, 2.75) is 27.2 Å². The van der Waals surface area contributed by atoms with Crippen molar-refractivity contribution in [2.24, 2.45) is 21.9 Å². The van der Waals surface area contributed by atoms with Crippen LogP contribution in [0.25, 0.3) is 0 Å². The van der Waals surface area contributed by atoms with Crippen LogP contribution in [0.4, 0.5) is 0 Å². The Balaban J connectivity index is 2.47. The molecule has 1 unspecified atom stereocenters. The van der Waals surface area contributed by atoms with Gasteiger partial charge in [0.1, 0.15) is 5.84 Å². The summed E-state index contributed by atoms with van der Waals surface area (Å²) in [4.78, 5) is 0. The second-order valence-corrected chi connectivity index (χ2v) is 4.44. The summed E-state index contributed by atoms with van der Waals surface area (Å²) >= 11 is 0. The molecule has 1 heterocycles. The molecule has 0 aliphatic carbocycles. The van der Waals surface area contributed by atoms with Gasteiger partial charge in [0.05, 0.1) is 5.71 Å². The van der Waals surface area contributed by atoms with Crippen molar-refractivity contribution in [3.63, 3.8) is 0 Å². The minimum atomic E-state index is 0.284. The van der Waals surface area contributed by atoms with Gasteiger partial charge in [-0.05, 0) is 25.0 Å². The highest BCUT2D eigenvalue weighted by Crippen LogP contribution is 2.21. The zero-order valence-corrected chi connectivity index (χ0v) is 9.99. The second kappa shape index (κ2) is 4.08. The lowest BCUT2D eigenvalue weighted by atomic mass is 9.92. The SMILES string of the molecule is Cc1cccc(C)c1C1=NN=C(N)C(C)C1. The first-order chi connectivity index (χ1) is 7.59. The van der Waals surface area contributed by atoms with Crippen LogP contribution in [0.5, 0.6) is 0 Å². The van der Waals surface area contributed by atoms with E-state index < -0.39 is 0 Å². The molecule has 0 amide bonds. The van der Waals surface area contributed by atoms with Gasteiger partial charge in [-0.2, -0.15) is 5.10 Å². The fourth-order valence-electron chi connectivity index (χ4n) is 2.07. The molecule has 0 aromatic heterocycles. The molecule has 3 heteroatoms. The molecule has 2 N–H and O–H groups in total. The summed E-state index contributed by atoms with van der Waals surface area (Å²) in [5.41, 5.74) is 10.5. The molecule has 3 nitrogen and oxygen atoms in total. The van der Waals surface area contributed by atoms with Gasteiger partial charge in [0.15, 0.2) is 0 Å². The van der Waals surface area contributed by atoms with Crippen LogP contribution < -0.4 is 5.73 Å². The molecule has 0 saturated heterocycles. The average molecular weight is 215 g/mol. The third kappa shape index (κ3) is 1.85. The highest BCUT2D eigenvalue weighted by Gasteiger charge is 2.19. The van der Waals surface area contributed by atoms with Crippen LogP contribution in [-0.2, 0) is 0 Å². The van der Waals surface area contributed by atoms with Crippen molar-refractivity contribution in [1.29, 1.82) is 0 Å². The van der Waals surface area contributed by atoms with E-state index in [-0.39, 0.29) is 5.92 Å². The Morgan fingerprint density at radius 1 is 1.19 bits per heavy atom. The van der Waals surface area contributed by atoms with E-state index in [4.69, 9.17) is 5.73 Å². The van der Waals surface area contributed by atoms with Gasteiger partial charge in [-0.15, -0.1) is 5.10 Å². The van der Waals surface area contributed by atoms with Crippen LogP contribution in [0.3, 0.4) is 0 Å². The standard InChI is InChI=1S/C13H17N3/c1-8-5-4-6-9(2)12(8)11-7-10(3)13(14)16-15-11/h4-6,10H,7H2,1-3H3,(H2,14,16). The van der Waals surface area contributed by atoms with E-state index in [1.54, 1.807) is 0 Å². The molecule has 1 atom stereocenters. The lowest BCUT2D eigenvalue weighted by Gasteiger charge is -2.18. The molecule has 2 rings (SSSR count). The number of rotatable bonds is 1. The van der Waals surface area contributed by atoms with Crippen molar-refractivity contribution in [3.05, 3.63) is 34.9 Å². The molecule has 0 spiro atoms. The molecule has 16 heavy (non-hydrogen) atoms. The highest BCUT2D eigenvalue weighted by atomic mass is 15.2. The third-order valence-electron chi connectivity index (χ3n) is 3.06. The molecule has 84 valence electrons. The maximum atomic E-state index is 5.74. The minimum Gasteiger partial charge on any atom is -0.385 e. The van der Waals surface area contributed by atoms with Gasteiger partial charge in [0, 0.05) is 17.9 Å². The van der Waals surface area contributed by atoms with Crippen molar-refractivity contribution < 1.29 is 0 Å². The van der Waals surface area contributed by atoms with Crippen molar-refractivity contribution in [1.82, 2.24) is 0 Å². The number of hydrogen-bond acceptors (Lipinski definition) is 3. The largest absolute Gasteiger partial charge is 0.385 e. The molecule has 1 aliphatic heterocycles. The van der Waals surface area contributed by atoms with Crippen LogP contribution >= 0.6 is 0 Å². The van der Waals surface area contributed by atoms with Crippen molar-refractivity contribution in [2.75, 3.05) is 0 Å². The summed E-state index contributed by atoms with van der Waals surface area (Å²) < 4.78 is 0. The van der Waals surface area contributed by atoms with Crippen LogP contribution in [0.1, 0.15) is 30.0 Å². The molecule has 1 aromatic rings. The maximum absolute atomic E-state index is 5.74. The minimum absolute atomic E-state index is 0.284. The molecular formula is C13H17N3. The number of nitrogens with two attached hydrogens (primary N) is 1. The predicted octanol–water partition coefficient (Wildman–Crippen LogP) is 2.40. The molecular weight excluding hydrogens is 198 g/mol. The van der Waals surface area contributed by atoms with Gasteiger partial charge in [-0.1, -0.05) is 25.1 Å². The van der Waals surface area contributed by atoms with Crippen LogP contribution in [0, 0.1) is 19.8 Å². The van der Waals surface area contributed by atoms with E-state index in [0.717, 1.165) is 12.1 Å². The third-order valence-corrected chi connectivity index (χ3v) is 3.06. The Kier molecular flexibility index (Phi) is 2.77. The molecule has 0 bridgehead atoms. The van der Waals surface area contributed by atoms with E-state index >= 15 is 0 Å². The fourth-order valence-corrected chi connectivity index (χ4v) is 2.07. The van der Waals surface area contributed by atoms with E-state index in [9.17, 15) is 0 Å². The number of hydrogen-bond donors (Lipinski definition) is 1. The maximum Gasteiger partial charge on any atom is 0.125 e.